The maximum atomic E-state index is 12.6. The number of benzene rings is 2. The van der Waals surface area contributed by atoms with Gasteiger partial charge in [0.2, 0.25) is 0 Å². The molecule has 8 heteroatoms. The van der Waals surface area contributed by atoms with Crippen LogP contribution in [0.1, 0.15) is 12.1 Å². The van der Waals surface area contributed by atoms with Gasteiger partial charge in [0.05, 0.1) is 11.0 Å². The van der Waals surface area contributed by atoms with E-state index in [0.29, 0.717) is 11.3 Å². The molecule has 0 radical (unpaired) electrons. The number of ether oxygens (including phenoxy) is 1. The minimum Gasteiger partial charge on any atom is -0.406 e. The molecule has 0 atom stereocenters. The maximum absolute atomic E-state index is 12.6. The van der Waals surface area contributed by atoms with Gasteiger partial charge in [0.15, 0.2) is 0 Å². The summed E-state index contributed by atoms with van der Waals surface area (Å²) >= 11 is 0. The third-order valence-electron chi connectivity index (χ3n) is 4.94. The van der Waals surface area contributed by atoms with Gasteiger partial charge in [-0.2, -0.15) is 5.10 Å². The number of fused-ring (bicyclic) bond motifs is 2. The minimum atomic E-state index is -4.74. The Balaban J connectivity index is 1.66. The smallest absolute Gasteiger partial charge is 0.406 e. The van der Waals surface area contributed by atoms with Crippen molar-refractivity contribution in [3.05, 3.63) is 60.6 Å². The number of hydrogen-bond donors (Lipinski definition) is 0. The Morgan fingerprint density at radius 2 is 1.76 bits per heavy atom. The number of rotatable bonds is 3. The van der Waals surface area contributed by atoms with Crippen molar-refractivity contribution in [2.75, 3.05) is 0 Å². The van der Waals surface area contributed by atoms with Crippen LogP contribution in [0.3, 0.4) is 0 Å². The second-order valence-electron chi connectivity index (χ2n) is 6.83. The lowest BCUT2D eigenvalue weighted by Gasteiger charge is -2.11. The Bertz CT molecular complexity index is 1220. The molecule has 5 rings (SSSR count). The summed E-state index contributed by atoms with van der Waals surface area (Å²) in [6, 6.07) is 11.7. The van der Waals surface area contributed by atoms with Gasteiger partial charge >= 0.3 is 6.36 Å². The molecule has 1 aliphatic heterocycles. The van der Waals surface area contributed by atoms with Crippen molar-refractivity contribution in [1.82, 2.24) is 19.7 Å². The summed E-state index contributed by atoms with van der Waals surface area (Å²) in [5, 5.41) is 4.70. The first-order chi connectivity index (χ1) is 14.0. The first-order valence-corrected chi connectivity index (χ1v) is 9.15. The van der Waals surface area contributed by atoms with Crippen LogP contribution in [0.25, 0.3) is 33.4 Å². The van der Waals surface area contributed by atoms with Gasteiger partial charge in [-0.05, 0) is 42.7 Å². The average molecular weight is 396 g/mol. The highest BCUT2D eigenvalue weighted by molar-refractivity contribution is 5.88. The second-order valence-corrected chi connectivity index (χ2v) is 6.83. The van der Waals surface area contributed by atoms with Gasteiger partial charge < -0.3 is 4.74 Å². The predicted octanol–water partition coefficient (Wildman–Crippen LogP) is 5.01. The predicted molar refractivity (Wildman–Crippen MR) is 101 cm³/mol. The third kappa shape index (κ3) is 3.30. The van der Waals surface area contributed by atoms with Gasteiger partial charge in [0.25, 0.3) is 0 Å². The normalized spacial score (nSPS) is 13.6. The van der Waals surface area contributed by atoms with Gasteiger partial charge in [-0.15, -0.1) is 13.2 Å². The van der Waals surface area contributed by atoms with Gasteiger partial charge in [-0.25, -0.2) is 0 Å². The van der Waals surface area contributed by atoms with E-state index in [9.17, 15) is 13.2 Å². The number of halogens is 3. The van der Waals surface area contributed by atoms with E-state index in [2.05, 4.69) is 14.7 Å². The summed E-state index contributed by atoms with van der Waals surface area (Å²) in [6.45, 7) is 0.786. The van der Waals surface area contributed by atoms with Crippen molar-refractivity contribution >= 4 is 11.0 Å². The molecule has 0 spiro atoms. The van der Waals surface area contributed by atoms with Gasteiger partial charge in [-0.1, -0.05) is 18.2 Å². The minimum absolute atomic E-state index is 0.265. The molecule has 2 aromatic carbocycles. The van der Waals surface area contributed by atoms with E-state index >= 15 is 0 Å². The van der Waals surface area contributed by atoms with Gasteiger partial charge in [-0.3, -0.25) is 14.6 Å². The summed E-state index contributed by atoms with van der Waals surface area (Å²) in [5.41, 5.74) is 5.64. The van der Waals surface area contributed by atoms with Crippen LogP contribution >= 0.6 is 0 Å². The SMILES string of the molecule is FC(F)(F)Oc1cccc(-c2nn3c(c2-c2ccc4nccnc4c2)CCC3)c1. The Morgan fingerprint density at radius 3 is 2.59 bits per heavy atom. The summed E-state index contributed by atoms with van der Waals surface area (Å²) < 4.78 is 44.0. The van der Waals surface area contributed by atoms with Crippen LogP contribution in [0, 0.1) is 0 Å². The molecule has 0 amide bonds. The zero-order valence-electron chi connectivity index (χ0n) is 15.1. The molecular weight excluding hydrogens is 381 g/mol. The zero-order chi connectivity index (χ0) is 20.0. The molecule has 1 aliphatic rings. The largest absolute Gasteiger partial charge is 0.573 e. The molecule has 2 aromatic heterocycles. The second kappa shape index (κ2) is 6.58. The van der Waals surface area contributed by atoms with Gasteiger partial charge in [0, 0.05) is 35.8 Å². The monoisotopic (exact) mass is 396 g/mol. The molecule has 0 N–H and O–H groups in total. The molecule has 0 aliphatic carbocycles. The van der Waals surface area contributed by atoms with E-state index in [-0.39, 0.29) is 5.75 Å². The molecular formula is C21H15F3N4O. The number of hydrogen-bond acceptors (Lipinski definition) is 4. The fraction of sp³-hybridized carbons (Fsp3) is 0.190. The van der Waals surface area contributed by atoms with E-state index in [1.165, 1.54) is 18.2 Å². The van der Waals surface area contributed by atoms with Crippen molar-refractivity contribution in [3.8, 4) is 28.1 Å². The average Bonchev–Trinajstić information content (AvgIpc) is 3.27. The number of alkyl halides is 3. The standard InChI is InChI=1S/C21H15F3N4O/c22-21(23,24)29-15-4-1-3-14(11-15)20-19(18-5-2-10-28(18)27-20)13-6-7-16-17(12-13)26-9-8-25-16/h1,3-4,6-9,11-12H,2,5,10H2. The van der Waals surface area contributed by atoms with Crippen LogP contribution in [0.4, 0.5) is 13.2 Å². The summed E-state index contributed by atoms with van der Waals surface area (Å²) in [4.78, 5) is 8.66. The molecule has 0 saturated heterocycles. The van der Waals surface area contributed by atoms with E-state index in [4.69, 9.17) is 5.10 Å². The lowest BCUT2D eigenvalue weighted by molar-refractivity contribution is -0.274. The number of nitrogens with zero attached hydrogens (tertiary/aromatic N) is 4. The third-order valence-corrected chi connectivity index (χ3v) is 4.94. The van der Waals surface area contributed by atoms with Crippen LogP contribution in [-0.4, -0.2) is 26.1 Å². The summed E-state index contributed by atoms with van der Waals surface area (Å²) in [5.74, 6) is -0.265. The quantitative estimate of drug-likeness (QED) is 0.489. The lowest BCUT2D eigenvalue weighted by Crippen LogP contribution is -2.17. The highest BCUT2D eigenvalue weighted by atomic mass is 19.4. The van der Waals surface area contributed by atoms with Crippen LogP contribution in [0.2, 0.25) is 0 Å². The first kappa shape index (κ1) is 17.7. The van der Waals surface area contributed by atoms with Crippen LogP contribution in [0.15, 0.2) is 54.9 Å². The molecule has 4 aromatic rings. The van der Waals surface area contributed by atoms with E-state index in [0.717, 1.165) is 47.2 Å². The molecule has 29 heavy (non-hydrogen) atoms. The first-order valence-electron chi connectivity index (χ1n) is 9.15. The fourth-order valence-electron chi connectivity index (χ4n) is 3.80. The fourth-order valence-corrected chi connectivity index (χ4v) is 3.80. The highest BCUT2D eigenvalue weighted by Crippen LogP contribution is 2.39. The summed E-state index contributed by atoms with van der Waals surface area (Å²) in [6.07, 6.45) is 0.374. The van der Waals surface area contributed by atoms with Crippen molar-refractivity contribution in [1.29, 1.82) is 0 Å². The van der Waals surface area contributed by atoms with Gasteiger partial charge in [0.1, 0.15) is 11.4 Å². The molecule has 5 nitrogen and oxygen atoms in total. The lowest BCUT2D eigenvalue weighted by atomic mass is 9.97. The van der Waals surface area contributed by atoms with Crippen LogP contribution in [-0.2, 0) is 13.0 Å². The van der Waals surface area contributed by atoms with Crippen LogP contribution in [0.5, 0.6) is 5.75 Å². The summed E-state index contributed by atoms with van der Waals surface area (Å²) in [7, 11) is 0. The van der Waals surface area contributed by atoms with Crippen molar-refractivity contribution in [2.24, 2.45) is 0 Å². The van der Waals surface area contributed by atoms with Crippen LogP contribution < -0.4 is 4.74 Å². The molecule has 146 valence electrons. The number of aromatic nitrogens is 4. The van der Waals surface area contributed by atoms with Crippen molar-refractivity contribution < 1.29 is 17.9 Å². The Kier molecular flexibility index (Phi) is 4.01. The Hall–Kier alpha value is -3.42. The molecule has 0 saturated carbocycles. The highest BCUT2D eigenvalue weighted by Gasteiger charge is 2.31. The number of aryl methyl sites for hydroxylation is 1. The Morgan fingerprint density at radius 1 is 0.931 bits per heavy atom. The van der Waals surface area contributed by atoms with Crippen molar-refractivity contribution in [3.63, 3.8) is 0 Å². The molecule has 3 heterocycles. The van der Waals surface area contributed by atoms with Crippen molar-refractivity contribution in [2.45, 2.75) is 25.7 Å². The van der Waals surface area contributed by atoms with E-state index in [1.54, 1.807) is 18.5 Å². The molecule has 0 fully saturated rings. The topological polar surface area (TPSA) is 52.8 Å². The Labute approximate surface area is 163 Å². The molecule has 0 unspecified atom stereocenters. The molecule has 0 bridgehead atoms. The van der Waals surface area contributed by atoms with E-state index in [1.807, 2.05) is 22.9 Å². The zero-order valence-corrected chi connectivity index (χ0v) is 15.1. The maximum Gasteiger partial charge on any atom is 0.573 e. The van der Waals surface area contributed by atoms with E-state index < -0.39 is 6.36 Å².